The van der Waals surface area contributed by atoms with Crippen LogP contribution in [0.2, 0.25) is 0 Å². The van der Waals surface area contributed by atoms with E-state index in [0.29, 0.717) is 36.5 Å². The molecule has 0 unspecified atom stereocenters. The first-order valence-electron chi connectivity index (χ1n) is 13.7. The number of esters is 1. The summed E-state index contributed by atoms with van der Waals surface area (Å²) in [4.78, 5) is 11.5. The Morgan fingerprint density at radius 1 is 1.12 bits per heavy atom. The highest BCUT2D eigenvalue weighted by Crippen LogP contribution is 2.66. The number of aliphatic hydroxyl groups excluding tert-OH is 1. The molecular formula is C29H48O4. The zero-order chi connectivity index (χ0) is 24.2. The van der Waals surface area contributed by atoms with E-state index >= 15 is 0 Å². The van der Waals surface area contributed by atoms with E-state index in [2.05, 4.69) is 34.6 Å². The smallest absolute Gasteiger partial charge is 0.305 e. The van der Waals surface area contributed by atoms with E-state index in [1.54, 1.807) is 5.57 Å². The van der Waals surface area contributed by atoms with Crippen molar-refractivity contribution in [3.8, 4) is 0 Å². The molecule has 0 radical (unpaired) electrons. The van der Waals surface area contributed by atoms with Gasteiger partial charge in [0.25, 0.3) is 0 Å². The minimum absolute atomic E-state index is 0.120. The number of carbonyl (C=O) groups is 1. The number of fused-ring (bicyclic) bond motifs is 4. The van der Waals surface area contributed by atoms with Crippen molar-refractivity contribution in [1.29, 1.82) is 0 Å². The van der Waals surface area contributed by atoms with Crippen molar-refractivity contribution >= 4 is 5.97 Å². The summed E-state index contributed by atoms with van der Waals surface area (Å²) in [5.41, 5.74) is 3.22. The quantitative estimate of drug-likeness (QED) is 0.274. The van der Waals surface area contributed by atoms with E-state index in [4.69, 9.17) is 4.74 Å². The Morgan fingerprint density at radius 3 is 2.52 bits per heavy atom. The van der Waals surface area contributed by atoms with Gasteiger partial charge < -0.3 is 14.9 Å². The van der Waals surface area contributed by atoms with Crippen LogP contribution in [0.3, 0.4) is 0 Å². The van der Waals surface area contributed by atoms with Crippen LogP contribution in [0, 0.1) is 40.4 Å². The number of ether oxygens (including phenoxy) is 1. The number of allylic oxidation sites excluding steroid dienone is 1. The lowest BCUT2D eigenvalue weighted by molar-refractivity contribution is -0.241. The lowest BCUT2D eigenvalue weighted by Crippen LogP contribution is -2.53. The third kappa shape index (κ3) is 4.44. The highest BCUT2D eigenvalue weighted by atomic mass is 16.7. The minimum Gasteiger partial charge on any atom is -0.433 e. The fraction of sp³-hybridized carbons (Fsp3) is 0.897. The first-order valence-corrected chi connectivity index (χ1v) is 13.7. The largest absolute Gasteiger partial charge is 0.433 e. The predicted octanol–water partition coefficient (Wildman–Crippen LogP) is 6.39. The number of hydrogen-bond acceptors (Lipinski definition) is 4. The van der Waals surface area contributed by atoms with Crippen molar-refractivity contribution in [2.24, 2.45) is 40.4 Å². The van der Waals surface area contributed by atoms with Crippen LogP contribution in [0.5, 0.6) is 0 Å². The highest BCUT2D eigenvalue weighted by molar-refractivity contribution is 5.66. The average Bonchev–Trinajstić information content (AvgIpc) is 2.98. The molecule has 3 fully saturated rings. The van der Waals surface area contributed by atoms with Crippen LogP contribution < -0.4 is 0 Å². The van der Waals surface area contributed by atoms with Gasteiger partial charge in [-0.15, -0.1) is 0 Å². The Kier molecular flexibility index (Phi) is 6.86. The van der Waals surface area contributed by atoms with Crippen molar-refractivity contribution < 1.29 is 19.7 Å². The van der Waals surface area contributed by atoms with Crippen molar-refractivity contribution in [3.05, 3.63) is 11.1 Å². The molecule has 0 aromatic carbocycles. The third-order valence-corrected chi connectivity index (χ3v) is 10.5. The van der Waals surface area contributed by atoms with Crippen molar-refractivity contribution in [3.63, 3.8) is 0 Å². The summed E-state index contributed by atoms with van der Waals surface area (Å²) in [6.07, 6.45) is 10.9. The van der Waals surface area contributed by atoms with Crippen LogP contribution in [0.1, 0.15) is 112 Å². The van der Waals surface area contributed by atoms with Crippen LogP contribution >= 0.6 is 0 Å². The van der Waals surface area contributed by atoms with Gasteiger partial charge in [0.2, 0.25) is 5.79 Å². The first-order chi connectivity index (χ1) is 15.4. The van der Waals surface area contributed by atoms with Crippen molar-refractivity contribution in [2.75, 3.05) is 0 Å². The second kappa shape index (κ2) is 8.97. The SMILES string of the molecule is CC(=O)O[C@@]1(O)CC[C@@]2(C)[C@@H](CCC3=C4[C@H](O)C[C@H]([C@H](C)CCCC(C)C)[C@@]4(C)CC[C@@H]32)C1. The molecule has 4 aliphatic rings. The number of rotatable bonds is 6. The molecule has 3 saturated carbocycles. The molecule has 4 rings (SSSR count). The van der Waals surface area contributed by atoms with Gasteiger partial charge in [0.15, 0.2) is 0 Å². The van der Waals surface area contributed by atoms with E-state index in [-0.39, 0.29) is 16.9 Å². The Hall–Kier alpha value is -0.870. The number of carbonyl (C=O) groups excluding carboxylic acids is 1. The molecule has 0 aliphatic heterocycles. The molecule has 33 heavy (non-hydrogen) atoms. The second-order valence-corrected chi connectivity index (χ2v) is 13.1. The molecule has 4 aliphatic carbocycles. The Labute approximate surface area is 201 Å². The molecule has 0 amide bonds. The van der Waals surface area contributed by atoms with Gasteiger partial charge in [-0.1, -0.05) is 59.5 Å². The van der Waals surface area contributed by atoms with E-state index < -0.39 is 11.8 Å². The molecule has 188 valence electrons. The second-order valence-electron chi connectivity index (χ2n) is 13.1. The molecule has 2 N–H and O–H groups in total. The zero-order valence-electron chi connectivity index (χ0n) is 22.0. The molecule has 0 saturated heterocycles. The molecule has 4 heteroatoms. The maximum atomic E-state index is 11.5. The van der Waals surface area contributed by atoms with E-state index in [9.17, 15) is 15.0 Å². The van der Waals surface area contributed by atoms with Gasteiger partial charge in [-0.2, -0.15) is 0 Å². The summed E-state index contributed by atoms with van der Waals surface area (Å²) in [6.45, 7) is 13.3. The maximum absolute atomic E-state index is 11.5. The molecular weight excluding hydrogens is 412 g/mol. The normalized spacial score (nSPS) is 43.7. The molecule has 4 nitrogen and oxygen atoms in total. The molecule has 0 aromatic rings. The van der Waals surface area contributed by atoms with Gasteiger partial charge >= 0.3 is 5.97 Å². The van der Waals surface area contributed by atoms with Crippen LogP contribution in [-0.4, -0.2) is 28.1 Å². The zero-order valence-corrected chi connectivity index (χ0v) is 22.0. The van der Waals surface area contributed by atoms with Crippen LogP contribution in [0.25, 0.3) is 0 Å². The van der Waals surface area contributed by atoms with Crippen LogP contribution in [0.15, 0.2) is 11.1 Å². The molecule has 0 bridgehead atoms. The average molecular weight is 461 g/mol. The molecule has 0 spiro atoms. The summed E-state index contributed by atoms with van der Waals surface area (Å²) in [5, 5.41) is 22.3. The van der Waals surface area contributed by atoms with Crippen LogP contribution in [0.4, 0.5) is 0 Å². The lowest BCUT2D eigenvalue weighted by atomic mass is 9.48. The fourth-order valence-corrected chi connectivity index (χ4v) is 8.82. The first kappa shape index (κ1) is 25.2. The van der Waals surface area contributed by atoms with Gasteiger partial charge in [-0.05, 0) is 84.5 Å². The van der Waals surface area contributed by atoms with E-state index in [1.165, 1.54) is 44.6 Å². The Morgan fingerprint density at radius 2 is 1.85 bits per heavy atom. The van der Waals surface area contributed by atoms with Gasteiger partial charge in [0.1, 0.15) is 0 Å². The lowest BCUT2D eigenvalue weighted by Gasteiger charge is -2.58. The minimum atomic E-state index is -1.30. The van der Waals surface area contributed by atoms with Crippen molar-refractivity contribution in [1.82, 2.24) is 0 Å². The molecule has 0 aromatic heterocycles. The maximum Gasteiger partial charge on any atom is 0.305 e. The number of aliphatic hydroxyl groups is 2. The van der Waals surface area contributed by atoms with Gasteiger partial charge in [0.05, 0.1) is 6.10 Å². The third-order valence-electron chi connectivity index (χ3n) is 10.5. The summed E-state index contributed by atoms with van der Waals surface area (Å²) in [7, 11) is 0. The summed E-state index contributed by atoms with van der Waals surface area (Å²) >= 11 is 0. The van der Waals surface area contributed by atoms with Gasteiger partial charge in [0, 0.05) is 19.8 Å². The van der Waals surface area contributed by atoms with E-state index in [1.807, 2.05) is 0 Å². The summed E-state index contributed by atoms with van der Waals surface area (Å²) in [5.74, 6) is 1.15. The van der Waals surface area contributed by atoms with Gasteiger partial charge in [-0.25, -0.2) is 0 Å². The monoisotopic (exact) mass is 460 g/mol. The highest BCUT2D eigenvalue weighted by Gasteiger charge is 2.59. The fourth-order valence-electron chi connectivity index (χ4n) is 8.82. The molecule has 0 heterocycles. The van der Waals surface area contributed by atoms with Crippen molar-refractivity contribution in [2.45, 2.75) is 124 Å². The van der Waals surface area contributed by atoms with Crippen LogP contribution in [-0.2, 0) is 9.53 Å². The number of hydrogen-bond donors (Lipinski definition) is 2. The Bertz CT molecular complexity index is 786. The topological polar surface area (TPSA) is 66.8 Å². The predicted molar refractivity (Wildman–Crippen MR) is 131 cm³/mol. The molecule has 8 atom stereocenters. The standard InChI is InChI=1S/C29H48O4/c1-18(2)8-7-9-19(3)24-16-25(31)26-22-11-10-21-17-29(32,33-20(4)30)15-14-27(21,5)23(22)12-13-28(24,26)6/h18-19,21,23-25,31-32H,7-17H2,1-6H3/t19-,21+,23+,24-,25-,27+,28-,29+/m1/s1. The van der Waals surface area contributed by atoms with Gasteiger partial charge in [-0.3, -0.25) is 4.79 Å². The Balaban J connectivity index is 1.56. The summed E-state index contributed by atoms with van der Waals surface area (Å²) < 4.78 is 5.36. The van der Waals surface area contributed by atoms with E-state index in [0.717, 1.165) is 31.6 Å². The summed E-state index contributed by atoms with van der Waals surface area (Å²) in [6, 6.07) is 0.